The molecule has 0 aliphatic carbocycles. The molecule has 0 atom stereocenters. The van der Waals surface area contributed by atoms with Gasteiger partial charge >= 0.3 is 12.1 Å². The molecule has 23 heavy (non-hydrogen) atoms. The van der Waals surface area contributed by atoms with Gasteiger partial charge in [-0.25, -0.2) is 14.2 Å². The Morgan fingerprint density at radius 3 is 2.00 bits per heavy atom. The highest BCUT2D eigenvalue weighted by molar-refractivity contribution is 6.13. The minimum absolute atomic E-state index is 0.0661. The van der Waals surface area contributed by atoms with Crippen molar-refractivity contribution in [2.45, 2.75) is 6.18 Å². The van der Waals surface area contributed by atoms with Crippen LogP contribution < -0.4 is 5.43 Å². The van der Waals surface area contributed by atoms with E-state index >= 15 is 0 Å². The number of amides is 1. The quantitative estimate of drug-likeness (QED) is 0.792. The summed E-state index contributed by atoms with van der Waals surface area (Å²) in [4.78, 5) is 20.7. The molecule has 1 saturated heterocycles. The molecule has 0 radical (unpaired) electrons. The van der Waals surface area contributed by atoms with Crippen molar-refractivity contribution < 1.29 is 27.9 Å². The van der Waals surface area contributed by atoms with Gasteiger partial charge in [-0.15, -0.1) is 0 Å². The molecule has 2 rings (SSSR count). The molecule has 6 nitrogen and oxygen atoms in total. The number of carbonyl (C=O) groups excluding carboxylic acids is 1. The molecule has 0 saturated carbocycles. The summed E-state index contributed by atoms with van der Waals surface area (Å²) in [6, 6.07) is 9.19. The summed E-state index contributed by atoms with van der Waals surface area (Å²) in [5.41, 5.74) is 3.54. The first-order valence-electron chi connectivity index (χ1n) is 6.52. The lowest BCUT2D eigenvalue weighted by molar-refractivity contribution is -0.192. The topological polar surface area (TPSA) is 72.9 Å². The molecule has 1 aliphatic rings. The zero-order valence-electron chi connectivity index (χ0n) is 11.9. The first-order valence-corrected chi connectivity index (χ1v) is 6.86. The van der Waals surface area contributed by atoms with Crippen LogP contribution in [0.5, 0.6) is 0 Å². The Morgan fingerprint density at radius 1 is 1.09 bits per heavy atom. The molecule has 0 aromatic heterocycles. The van der Waals surface area contributed by atoms with Gasteiger partial charge in [0.1, 0.15) is 0 Å². The Hall–Kier alpha value is -1.84. The summed E-state index contributed by atoms with van der Waals surface area (Å²) < 4.78 is 33.5. The van der Waals surface area contributed by atoms with E-state index in [9.17, 15) is 18.0 Å². The molecule has 2 N–H and O–H groups in total. The molecule has 1 aromatic carbocycles. The monoisotopic (exact) mass is 353 g/mol. The number of hydrogen-bond donors (Lipinski definition) is 2. The van der Waals surface area contributed by atoms with Crippen LogP contribution in [0.1, 0.15) is 10.4 Å². The maximum atomic E-state index is 11.8. The Bertz CT molecular complexity index is 520. The number of hydrogen-bond acceptors (Lipinski definition) is 4. The van der Waals surface area contributed by atoms with Crippen LogP contribution in [0.15, 0.2) is 30.3 Å². The number of rotatable bonds is 2. The van der Waals surface area contributed by atoms with E-state index < -0.39 is 12.1 Å². The van der Waals surface area contributed by atoms with Crippen LogP contribution >= 0.6 is 11.8 Å². The number of benzene rings is 1. The Labute approximate surface area is 135 Å². The van der Waals surface area contributed by atoms with Crippen molar-refractivity contribution >= 4 is 23.7 Å². The lowest BCUT2D eigenvalue weighted by atomic mass is 10.2. The molecule has 0 spiro atoms. The van der Waals surface area contributed by atoms with Crippen molar-refractivity contribution in [3.05, 3.63) is 35.9 Å². The van der Waals surface area contributed by atoms with Gasteiger partial charge in [0, 0.05) is 31.7 Å². The lowest BCUT2D eigenvalue weighted by Crippen LogP contribution is -2.51. The van der Waals surface area contributed by atoms with Gasteiger partial charge in [0.05, 0.1) is 0 Å². The zero-order valence-corrected chi connectivity index (χ0v) is 12.6. The maximum Gasteiger partial charge on any atom is 0.490 e. The van der Waals surface area contributed by atoms with Gasteiger partial charge in [-0.05, 0) is 23.9 Å². The number of nitrogens with zero attached hydrogens (tertiary/aromatic N) is 2. The van der Waals surface area contributed by atoms with Crippen molar-refractivity contribution in [2.24, 2.45) is 0 Å². The summed E-state index contributed by atoms with van der Waals surface area (Å²) >= 11 is 5.83. The van der Waals surface area contributed by atoms with Gasteiger partial charge in [-0.3, -0.25) is 10.2 Å². The average molecular weight is 354 g/mol. The Balaban J connectivity index is 0.000000322. The molecule has 1 amide bonds. The number of halogens is 4. The largest absolute Gasteiger partial charge is 0.490 e. The third kappa shape index (κ3) is 7.31. The lowest BCUT2D eigenvalue weighted by Gasteiger charge is -2.30. The number of alkyl halides is 3. The fourth-order valence-corrected chi connectivity index (χ4v) is 1.74. The second-order valence-corrected chi connectivity index (χ2v) is 4.98. The SMILES string of the molecule is O=C(NN1CCN(Cl)CC1)c1ccccc1.O=C(O)C(F)(F)F. The van der Waals surface area contributed by atoms with Gasteiger partial charge in [0.2, 0.25) is 0 Å². The molecular formula is C13H15ClF3N3O3. The highest BCUT2D eigenvalue weighted by atomic mass is 35.5. The summed E-state index contributed by atoms with van der Waals surface area (Å²) in [6.07, 6.45) is -5.08. The number of carbonyl (C=O) groups is 2. The van der Waals surface area contributed by atoms with Gasteiger partial charge in [0.25, 0.3) is 5.91 Å². The fourth-order valence-electron chi connectivity index (χ4n) is 1.59. The smallest absolute Gasteiger partial charge is 0.475 e. The predicted molar refractivity (Wildman–Crippen MR) is 76.6 cm³/mol. The Morgan fingerprint density at radius 2 is 1.57 bits per heavy atom. The van der Waals surface area contributed by atoms with E-state index in [4.69, 9.17) is 21.7 Å². The normalized spacial score (nSPS) is 16.2. The number of carboxylic acid groups (broad SMARTS) is 1. The summed E-state index contributed by atoms with van der Waals surface area (Å²) in [5, 5.41) is 9.02. The molecule has 1 aliphatic heterocycles. The fraction of sp³-hybridized carbons (Fsp3) is 0.385. The van der Waals surface area contributed by atoms with E-state index in [1.165, 1.54) is 0 Å². The van der Waals surface area contributed by atoms with Crippen LogP contribution in [-0.4, -0.2) is 58.8 Å². The summed E-state index contributed by atoms with van der Waals surface area (Å²) in [6.45, 7) is 3.03. The molecule has 10 heteroatoms. The van der Waals surface area contributed by atoms with E-state index in [0.717, 1.165) is 26.2 Å². The summed E-state index contributed by atoms with van der Waals surface area (Å²) in [7, 11) is 0. The van der Waals surface area contributed by atoms with E-state index in [2.05, 4.69) is 5.43 Å². The van der Waals surface area contributed by atoms with Crippen LogP contribution in [0.3, 0.4) is 0 Å². The zero-order chi connectivity index (χ0) is 17.5. The maximum absolute atomic E-state index is 11.8. The van der Waals surface area contributed by atoms with Crippen molar-refractivity contribution in [1.82, 2.24) is 14.9 Å². The van der Waals surface area contributed by atoms with Gasteiger partial charge < -0.3 is 5.11 Å². The second kappa shape index (κ2) is 8.70. The minimum atomic E-state index is -5.08. The van der Waals surface area contributed by atoms with Crippen LogP contribution in [0, 0.1) is 0 Å². The Kier molecular flexibility index (Phi) is 7.27. The van der Waals surface area contributed by atoms with E-state index in [1.54, 1.807) is 16.6 Å². The number of hydrazine groups is 1. The third-order valence-electron chi connectivity index (χ3n) is 2.76. The number of aliphatic carboxylic acids is 1. The molecule has 0 bridgehead atoms. The number of piperazine rings is 1. The third-order valence-corrected chi connectivity index (χ3v) is 3.10. The van der Waals surface area contributed by atoms with Gasteiger partial charge in [-0.1, -0.05) is 18.2 Å². The molecule has 1 fully saturated rings. The molecule has 0 unspecified atom stereocenters. The van der Waals surface area contributed by atoms with Gasteiger partial charge in [-0.2, -0.15) is 13.2 Å². The summed E-state index contributed by atoms with van der Waals surface area (Å²) in [5.74, 6) is -2.82. The van der Waals surface area contributed by atoms with E-state index in [-0.39, 0.29) is 5.91 Å². The number of nitrogens with one attached hydrogen (secondary N) is 1. The second-order valence-electron chi connectivity index (χ2n) is 4.51. The molecule has 1 heterocycles. The average Bonchev–Trinajstić information content (AvgIpc) is 2.50. The first-order chi connectivity index (χ1) is 10.7. The van der Waals surface area contributed by atoms with Crippen LogP contribution in [0.4, 0.5) is 13.2 Å². The van der Waals surface area contributed by atoms with E-state index in [1.807, 2.05) is 23.2 Å². The predicted octanol–water partition coefficient (Wildman–Crippen LogP) is 1.74. The van der Waals surface area contributed by atoms with Crippen molar-refractivity contribution in [2.75, 3.05) is 26.2 Å². The highest BCUT2D eigenvalue weighted by Crippen LogP contribution is 2.13. The van der Waals surface area contributed by atoms with Crippen LogP contribution in [-0.2, 0) is 4.79 Å². The molecular weight excluding hydrogens is 339 g/mol. The van der Waals surface area contributed by atoms with Crippen LogP contribution in [0.25, 0.3) is 0 Å². The number of carboxylic acids is 1. The van der Waals surface area contributed by atoms with Crippen LogP contribution in [0.2, 0.25) is 0 Å². The highest BCUT2D eigenvalue weighted by Gasteiger charge is 2.38. The van der Waals surface area contributed by atoms with Crippen molar-refractivity contribution in [1.29, 1.82) is 0 Å². The molecule has 1 aromatic rings. The van der Waals surface area contributed by atoms with Gasteiger partial charge in [0.15, 0.2) is 0 Å². The standard InChI is InChI=1S/C11H14ClN3O.C2HF3O2/c12-14-6-8-15(9-7-14)13-11(16)10-4-2-1-3-5-10;3-2(4,5)1(6)7/h1-5H,6-9H2,(H,13,16);(H,6,7). The van der Waals surface area contributed by atoms with E-state index in [0.29, 0.717) is 5.56 Å². The molecule has 128 valence electrons. The first kappa shape index (κ1) is 19.2. The van der Waals surface area contributed by atoms with Crippen molar-refractivity contribution in [3.63, 3.8) is 0 Å². The minimum Gasteiger partial charge on any atom is -0.475 e. The van der Waals surface area contributed by atoms with Crippen molar-refractivity contribution in [3.8, 4) is 0 Å².